The van der Waals surface area contributed by atoms with Crippen LogP contribution in [0, 0.1) is 0 Å². The summed E-state index contributed by atoms with van der Waals surface area (Å²) in [5.41, 5.74) is 6.35. The number of hydrogen-bond acceptors (Lipinski definition) is 3. The fourth-order valence-electron chi connectivity index (χ4n) is 2.64. The lowest BCUT2D eigenvalue weighted by atomic mass is 10.0. The highest BCUT2D eigenvalue weighted by atomic mass is 16.5. The van der Waals surface area contributed by atoms with Crippen molar-refractivity contribution >= 4 is 12.1 Å². The summed E-state index contributed by atoms with van der Waals surface area (Å²) in [5.74, 6) is 0.999. The SMILES string of the molecule is CC(C)c1ccc(C(=O)NN=Cc2ccc(OCc3ccccc3)cc2)cc1. The fraction of sp³-hybridized carbons (Fsp3) is 0.167. The minimum Gasteiger partial charge on any atom is -0.489 e. The normalized spacial score (nSPS) is 11.0. The van der Waals surface area contributed by atoms with Gasteiger partial charge >= 0.3 is 0 Å². The van der Waals surface area contributed by atoms with Gasteiger partial charge in [0.15, 0.2) is 0 Å². The van der Waals surface area contributed by atoms with Crippen LogP contribution in [0.15, 0.2) is 84.0 Å². The van der Waals surface area contributed by atoms with Crippen molar-refractivity contribution in [2.45, 2.75) is 26.4 Å². The molecule has 4 heteroatoms. The van der Waals surface area contributed by atoms with Gasteiger partial charge in [0.25, 0.3) is 5.91 Å². The van der Waals surface area contributed by atoms with Crippen LogP contribution in [0.25, 0.3) is 0 Å². The molecule has 0 spiro atoms. The minimum atomic E-state index is -0.227. The molecule has 0 radical (unpaired) electrons. The molecule has 0 aliphatic heterocycles. The Balaban J connectivity index is 1.50. The third-order valence-electron chi connectivity index (χ3n) is 4.35. The number of hydrazone groups is 1. The Kier molecular flexibility index (Phi) is 6.58. The highest BCUT2D eigenvalue weighted by Crippen LogP contribution is 2.15. The molecule has 28 heavy (non-hydrogen) atoms. The summed E-state index contributed by atoms with van der Waals surface area (Å²) in [6, 6.07) is 25.2. The van der Waals surface area contributed by atoms with Crippen molar-refractivity contribution in [3.8, 4) is 5.75 Å². The Labute approximate surface area is 165 Å². The van der Waals surface area contributed by atoms with Crippen LogP contribution >= 0.6 is 0 Å². The van der Waals surface area contributed by atoms with Crippen LogP contribution < -0.4 is 10.2 Å². The van der Waals surface area contributed by atoms with E-state index in [1.807, 2.05) is 78.9 Å². The maximum Gasteiger partial charge on any atom is 0.271 e. The van der Waals surface area contributed by atoms with Crippen LogP contribution in [0.4, 0.5) is 0 Å². The summed E-state index contributed by atoms with van der Waals surface area (Å²) in [4.78, 5) is 12.1. The molecule has 142 valence electrons. The first-order chi connectivity index (χ1) is 13.6. The van der Waals surface area contributed by atoms with Crippen molar-refractivity contribution in [2.75, 3.05) is 0 Å². The lowest BCUT2D eigenvalue weighted by molar-refractivity contribution is 0.0955. The number of carbonyl (C=O) groups excluding carboxylic acids is 1. The standard InChI is InChI=1S/C24H24N2O2/c1-18(2)21-10-12-22(13-11-21)24(27)26-25-16-19-8-14-23(15-9-19)28-17-20-6-4-3-5-7-20/h3-16,18H,17H2,1-2H3,(H,26,27). The molecule has 3 rings (SSSR count). The highest BCUT2D eigenvalue weighted by Gasteiger charge is 2.05. The average molecular weight is 372 g/mol. The quantitative estimate of drug-likeness (QED) is 0.460. The lowest BCUT2D eigenvalue weighted by Gasteiger charge is -2.06. The molecule has 0 heterocycles. The van der Waals surface area contributed by atoms with Gasteiger partial charge in [-0.25, -0.2) is 5.43 Å². The molecule has 4 nitrogen and oxygen atoms in total. The maximum absolute atomic E-state index is 12.1. The summed E-state index contributed by atoms with van der Waals surface area (Å²) in [5, 5.41) is 4.03. The monoisotopic (exact) mass is 372 g/mol. The second kappa shape index (κ2) is 9.51. The Hall–Kier alpha value is -3.40. The second-order valence-corrected chi connectivity index (χ2v) is 6.82. The predicted molar refractivity (Wildman–Crippen MR) is 113 cm³/mol. The maximum atomic E-state index is 12.1. The van der Waals surface area contributed by atoms with Crippen molar-refractivity contribution in [3.05, 3.63) is 101 Å². The fourth-order valence-corrected chi connectivity index (χ4v) is 2.64. The van der Waals surface area contributed by atoms with Gasteiger partial charge in [0.2, 0.25) is 0 Å². The molecule has 0 saturated carbocycles. The average Bonchev–Trinajstić information content (AvgIpc) is 2.74. The molecule has 3 aromatic rings. The molecule has 1 N–H and O–H groups in total. The van der Waals surface area contributed by atoms with Gasteiger partial charge in [0, 0.05) is 5.56 Å². The van der Waals surface area contributed by atoms with E-state index in [1.54, 1.807) is 6.21 Å². The molecule has 0 atom stereocenters. The van der Waals surface area contributed by atoms with Crippen molar-refractivity contribution in [1.29, 1.82) is 0 Å². The van der Waals surface area contributed by atoms with Crippen molar-refractivity contribution in [1.82, 2.24) is 5.43 Å². The zero-order chi connectivity index (χ0) is 19.8. The number of nitrogens with one attached hydrogen (secondary N) is 1. The van der Waals surface area contributed by atoms with E-state index in [4.69, 9.17) is 4.74 Å². The number of carbonyl (C=O) groups is 1. The molecule has 0 unspecified atom stereocenters. The molecule has 3 aromatic carbocycles. The molecular formula is C24H24N2O2. The molecular weight excluding hydrogens is 348 g/mol. The zero-order valence-electron chi connectivity index (χ0n) is 16.1. The molecule has 0 fully saturated rings. The van der Waals surface area contributed by atoms with Crippen LogP contribution in [-0.4, -0.2) is 12.1 Å². The number of rotatable bonds is 7. The lowest BCUT2D eigenvalue weighted by Crippen LogP contribution is -2.17. The van der Waals surface area contributed by atoms with Crippen molar-refractivity contribution in [2.24, 2.45) is 5.10 Å². The largest absolute Gasteiger partial charge is 0.489 e. The van der Waals surface area contributed by atoms with Crippen molar-refractivity contribution in [3.63, 3.8) is 0 Å². The highest BCUT2D eigenvalue weighted by molar-refractivity contribution is 5.94. The van der Waals surface area contributed by atoms with Gasteiger partial charge in [-0.3, -0.25) is 4.79 Å². The second-order valence-electron chi connectivity index (χ2n) is 6.82. The van der Waals surface area contributed by atoms with Gasteiger partial charge in [0.1, 0.15) is 12.4 Å². The topological polar surface area (TPSA) is 50.7 Å². The van der Waals surface area contributed by atoms with Crippen LogP contribution in [0.2, 0.25) is 0 Å². The van der Waals surface area contributed by atoms with E-state index in [0.29, 0.717) is 18.1 Å². The van der Waals surface area contributed by atoms with Gasteiger partial charge in [0.05, 0.1) is 6.21 Å². The Morgan fingerprint density at radius 3 is 2.29 bits per heavy atom. The first-order valence-electron chi connectivity index (χ1n) is 9.32. The first-order valence-corrected chi connectivity index (χ1v) is 9.32. The Morgan fingerprint density at radius 1 is 0.964 bits per heavy atom. The first kappa shape index (κ1) is 19.4. The third kappa shape index (κ3) is 5.55. The van der Waals surface area contributed by atoms with Crippen LogP contribution in [0.5, 0.6) is 5.75 Å². The number of ether oxygens (including phenoxy) is 1. The number of nitrogens with zero attached hydrogens (tertiary/aromatic N) is 1. The van der Waals surface area contributed by atoms with Crippen LogP contribution in [0.1, 0.15) is 46.8 Å². The van der Waals surface area contributed by atoms with E-state index < -0.39 is 0 Å². The summed E-state index contributed by atoms with van der Waals surface area (Å²) >= 11 is 0. The molecule has 0 aliphatic rings. The van der Waals surface area contributed by atoms with E-state index in [0.717, 1.165) is 16.9 Å². The number of benzene rings is 3. The van der Waals surface area contributed by atoms with E-state index in [9.17, 15) is 4.79 Å². The third-order valence-corrected chi connectivity index (χ3v) is 4.35. The summed E-state index contributed by atoms with van der Waals surface area (Å²) < 4.78 is 5.76. The summed E-state index contributed by atoms with van der Waals surface area (Å²) in [6.45, 7) is 4.77. The van der Waals surface area contributed by atoms with Crippen LogP contribution in [0.3, 0.4) is 0 Å². The number of hydrogen-bond donors (Lipinski definition) is 1. The van der Waals surface area contributed by atoms with Gasteiger partial charge in [-0.1, -0.05) is 56.3 Å². The van der Waals surface area contributed by atoms with Crippen LogP contribution in [-0.2, 0) is 6.61 Å². The molecule has 0 bridgehead atoms. The summed E-state index contributed by atoms with van der Waals surface area (Å²) in [6.07, 6.45) is 1.61. The summed E-state index contributed by atoms with van der Waals surface area (Å²) in [7, 11) is 0. The van der Waals surface area contributed by atoms with E-state index in [-0.39, 0.29) is 5.91 Å². The van der Waals surface area contributed by atoms with E-state index >= 15 is 0 Å². The van der Waals surface area contributed by atoms with E-state index in [2.05, 4.69) is 24.4 Å². The Bertz CT molecular complexity index is 915. The van der Waals surface area contributed by atoms with Gasteiger partial charge in [-0.05, 0) is 59.0 Å². The van der Waals surface area contributed by atoms with Gasteiger partial charge in [-0.15, -0.1) is 0 Å². The van der Waals surface area contributed by atoms with E-state index in [1.165, 1.54) is 5.56 Å². The molecule has 0 aliphatic carbocycles. The van der Waals surface area contributed by atoms with Crippen molar-refractivity contribution < 1.29 is 9.53 Å². The van der Waals surface area contributed by atoms with Gasteiger partial charge in [-0.2, -0.15) is 5.10 Å². The predicted octanol–water partition coefficient (Wildman–Crippen LogP) is 5.15. The smallest absolute Gasteiger partial charge is 0.271 e. The molecule has 0 saturated heterocycles. The molecule has 0 aromatic heterocycles. The number of amides is 1. The zero-order valence-corrected chi connectivity index (χ0v) is 16.1. The minimum absolute atomic E-state index is 0.227. The molecule has 1 amide bonds. The van der Waals surface area contributed by atoms with Gasteiger partial charge < -0.3 is 4.74 Å². The Morgan fingerprint density at radius 2 is 1.64 bits per heavy atom.